The molecule has 1 rings (SSSR count). The lowest BCUT2D eigenvalue weighted by Gasteiger charge is -2.11. The SMILES string of the molecule is CCSc1ccccc1NC(=O)C(C)=C(C)C(=O)O. The molecule has 0 atom stereocenters. The minimum atomic E-state index is -1.08. The Balaban J connectivity index is 2.94. The summed E-state index contributed by atoms with van der Waals surface area (Å²) >= 11 is 1.62. The highest BCUT2D eigenvalue weighted by atomic mass is 32.2. The summed E-state index contributed by atoms with van der Waals surface area (Å²) in [5, 5.41) is 11.6. The number of carbonyl (C=O) groups excluding carboxylic acids is 1. The van der Waals surface area contributed by atoms with E-state index in [0.29, 0.717) is 5.69 Å². The number of hydrogen-bond donors (Lipinski definition) is 2. The second-order valence-corrected chi connectivity index (χ2v) is 5.24. The topological polar surface area (TPSA) is 66.4 Å². The van der Waals surface area contributed by atoms with Gasteiger partial charge >= 0.3 is 5.97 Å². The molecule has 0 aliphatic heterocycles. The molecule has 0 fully saturated rings. The van der Waals surface area contributed by atoms with Crippen LogP contribution in [0, 0.1) is 0 Å². The summed E-state index contributed by atoms with van der Waals surface area (Å²) in [5.74, 6) is -0.566. The van der Waals surface area contributed by atoms with Crippen molar-refractivity contribution in [2.24, 2.45) is 0 Å². The summed E-state index contributed by atoms with van der Waals surface area (Å²) in [6.45, 7) is 4.96. The van der Waals surface area contributed by atoms with Crippen LogP contribution in [0.15, 0.2) is 40.3 Å². The Morgan fingerprint density at radius 1 is 1.21 bits per heavy atom. The molecule has 4 nitrogen and oxygen atoms in total. The Bertz CT molecular complexity index is 523. The van der Waals surface area contributed by atoms with Crippen LogP contribution in [0.3, 0.4) is 0 Å². The van der Waals surface area contributed by atoms with Crippen molar-refractivity contribution in [3.05, 3.63) is 35.4 Å². The predicted octanol–water partition coefficient (Wildman–Crippen LogP) is 3.16. The molecule has 0 unspecified atom stereocenters. The van der Waals surface area contributed by atoms with E-state index in [1.165, 1.54) is 13.8 Å². The van der Waals surface area contributed by atoms with Gasteiger partial charge in [0, 0.05) is 16.0 Å². The third-order valence-electron chi connectivity index (χ3n) is 2.66. The van der Waals surface area contributed by atoms with Gasteiger partial charge in [0.05, 0.1) is 5.69 Å². The van der Waals surface area contributed by atoms with Crippen LogP contribution in [-0.2, 0) is 9.59 Å². The third kappa shape index (κ3) is 4.13. The fourth-order valence-corrected chi connectivity index (χ4v) is 2.16. The van der Waals surface area contributed by atoms with Crippen LogP contribution < -0.4 is 5.32 Å². The van der Waals surface area contributed by atoms with E-state index in [1.807, 2.05) is 25.1 Å². The highest BCUT2D eigenvalue weighted by Gasteiger charge is 2.14. The Morgan fingerprint density at radius 2 is 1.84 bits per heavy atom. The zero-order valence-electron chi connectivity index (χ0n) is 11.2. The molecule has 102 valence electrons. The van der Waals surface area contributed by atoms with Crippen molar-refractivity contribution in [2.75, 3.05) is 11.1 Å². The first-order valence-electron chi connectivity index (χ1n) is 5.91. The number of anilines is 1. The van der Waals surface area contributed by atoms with Crippen LogP contribution in [0.25, 0.3) is 0 Å². The summed E-state index contributed by atoms with van der Waals surface area (Å²) in [7, 11) is 0. The summed E-state index contributed by atoms with van der Waals surface area (Å²) in [5.41, 5.74) is 0.971. The molecular formula is C14H17NO3S. The molecule has 0 radical (unpaired) electrons. The number of carboxylic acids is 1. The summed E-state index contributed by atoms with van der Waals surface area (Å²) in [6.07, 6.45) is 0. The molecule has 5 heteroatoms. The zero-order valence-corrected chi connectivity index (χ0v) is 12.0. The fourth-order valence-electron chi connectivity index (χ4n) is 1.40. The van der Waals surface area contributed by atoms with Crippen molar-refractivity contribution in [3.63, 3.8) is 0 Å². The van der Waals surface area contributed by atoms with Crippen LogP contribution >= 0.6 is 11.8 Å². The zero-order chi connectivity index (χ0) is 14.4. The minimum absolute atomic E-state index is 0.0538. The number of para-hydroxylation sites is 1. The molecule has 0 aliphatic rings. The third-order valence-corrected chi connectivity index (χ3v) is 3.61. The van der Waals surface area contributed by atoms with Gasteiger partial charge in [-0.2, -0.15) is 0 Å². The van der Waals surface area contributed by atoms with Gasteiger partial charge in [-0.05, 0) is 31.7 Å². The highest BCUT2D eigenvalue weighted by Crippen LogP contribution is 2.27. The normalized spacial score (nSPS) is 11.7. The Hall–Kier alpha value is -1.75. The molecule has 0 saturated heterocycles. The molecule has 1 aromatic rings. The maximum absolute atomic E-state index is 12.0. The second kappa shape index (κ2) is 6.99. The molecule has 19 heavy (non-hydrogen) atoms. The molecular weight excluding hydrogens is 262 g/mol. The first kappa shape index (κ1) is 15.3. The van der Waals surface area contributed by atoms with Crippen molar-refractivity contribution in [2.45, 2.75) is 25.7 Å². The van der Waals surface area contributed by atoms with Crippen LogP contribution in [0.5, 0.6) is 0 Å². The van der Waals surface area contributed by atoms with Crippen LogP contribution in [-0.4, -0.2) is 22.7 Å². The van der Waals surface area contributed by atoms with E-state index >= 15 is 0 Å². The summed E-state index contributed by atoms with van der Waals surface area (Å²) in [4.78, 5) is 23.8. The number of carbonyl (C=O) groups is 2. The Labute approximate surface area is 116 Å². The van der Waals surface area contributed by atoms with Gasteiger partial charge in [0.15, 0.2) is 0 Å². The smallest absolute Gasteiger partial charge is 0.331 e. The number of aliphatic carboxylic acids is 1. The maximum Gasteiger partial charge on any atom is 0.331 e. The second-order valence-electron chi connectivity index (χ2n) is 3.94. The van der Waals surface area contributed by atoms with Crippen molar-refractivity contribution in [1.82, 2.24) is 0 Å². The average Bonchev–Trinajstić information content (AvgIpc) is 2.39. The van der Waals surface area contributed by atoms with E-state index in [9.17, 15) is 9.59 Å². The number of amides is 1. The molecule has 0 spiro atoms. The maximum atomic E-state index is 12.0. The quantitative estimate of drug-likeness (QED) is 0.642. The van der Waals surface area contributed by atoms with Gasteiger partial charge in [-0.3, -0.25) is 4.79 Å². The van der Waals surface area contributed by atoms with Gasteiger partial charge in [0.25, 0.3) is 5.91 Å². The molecule has 1 amide bonds. The van der Waals surface area contributed by atoms with Crippen LogP contribution in [0.4, 0.5) is 5.69 Å². The molecule has 0 saturated carbocycles. The van der Waals surface area contributed by atoms with Crippen molar-refractivity contribution >= 4 is 29.3 Å². The Kier molecular flexibility index (Phi) is 5.63. The molecule has 1 aromatic carbocycles. The highest BCUT2D eigenvalue weighted by molar-refractivity contribution is 7.99. The molecule has 2 N–H and O–H groups in total. The van der Waals surface area contributed by atoms with Gasteiger partial charge in [-0.1, -0.05) is 19.1 Å². The van der Waals surface area contributed by atoms with E-state index in [2.05, 4.69) is 5.32 Å². The monoisotopic (exact) mass is 279 g/mol. The van der Waals surface area contributed by atoms with Gasteiger partial charge in [0.2, 0.25) is 0 Å². The number of hydrogen-bond acceptors (Lipinski definition) is 3. The first-order valence-corrected chi connectivity index (χ1v) is 6.89. The lowest BCUT2D eigenvalue weighted by molar-refractivity contribution is -0.133. The summed E-state index contributed by atoms with van der Waals surface area (Å²) in [6, 6.07) is 7.46. The van der Waals surface area contributed by atoms with E-state index in [4.69, 9.17) is 5.11 Å². The van der Waals surface area contributed by atoms with Crippen molar-refractivity contribution in [1.29, 1.82) is 0 Å². The van der Waals surface area contributed by atoms with E-state index in [-0.39, 0.29) is 17.1 Å². The lowest BCUT2D eigenvalue weighted by atomic mass is 10.1. The molecule has 0 bridgehead atoms. The van der Waals surface area contributed by atoms with E-state index < -0.39 is 5.97 Å². The standard InChI is InChI=1S/C14H17NO3S/c1-4-19-12-8-6-5-7-11(12)15-13(16)9(2)10(3)14(17)18/h5-8H,4H2,1-3H3,(H,15,16)(H,17,18). The van der Waals surface area contributed by atoms with Gasteiger partial charge in [-0.25, -0.2) is 4.79 Å². The average molecular weight is 279 g/mol. The lowest BCUT2D eigenvalue weighted by Crippen LogP contribution is -2.16. The largest absolute Gasteiger partial charge is 0.478 e. The first-order chi connectivity index (χ1) is 8.97. The van der Waals surface area contributed by atoms with Gasteiger partial charge in [-0.15, -0.1) is 11.8 Å². The van der Waals surface area contributed by atoms with E-state index in [0.717, 1.165) is 10.6 Å². The van der Waals surface area contributed by atoms with E-state index in [1.54, 1.807) is 17.8 Å². The number of rotatable bonds is 5. The van der Waals surface area contributed by atoms with Gasteiger partial charge < -0.3 is 10.4 Å². The minimum Gasteiger partial charge on any atom is -0.478 e. The Morgan fingerprint density at radius 3 is 2.42 bits per heavy atom. The van der Waals surface area contributed by atoms with Gasteiger partial charge in [0.1, 0.15) is 0 Å². The molecule has 0 heterocycles. The van der Waals surface area contributed by atoms with Crippen LogP contribution in [0.1, 0.15) is 20.8 Å². The summed E-state index contributed by atoms with van der Waals surface area (Å²) < 4.78 is 0. The fraction of sp³-hybridized carbons (Fsp3) is 0.286. The molecule has 0 aliphatic carbocycles. The number of thioether (sulfide) groups is 1. The number of carboxylic acid groups (broad SMARTS) is 1. The number of benzene rings is 1. The van der Waals surface area contributed by atoms with Crippen molar-refractivity contribution < 1.29 is 14.7 Å². The molecule has 0 aromatic heterocycles. The predicted molar refractivity (Wildman–Crippen MR) is 77.5 cm³/mol. The van der Waals surface area contributed by atoms with Crippen molar-refractivity contribution in [3.8, 4) is 0 Å². The number of nitrogens with one attached hydrogen (secondary N) is 1. The van der Waals surface area contributed by atoms with Crippen LogP contribution in [0.2, 0.25) is 0 Å².